The van der Waals surface area contributed by atoms with Crippen molar-refractivity contribution in [2.75, 3.05) is 0 Å². The molecule has 0 spiro atoms. The molecule has 0 radical (unpaired) electrons. The van der Waals surface area contributed by atoms with Gasteiger partial charge in [-0.05, 0) is 90.3 Å². The Morgan fingerprint density at radius 2 is 0.849 bits per heavy atom. The molecule has 0 bridgehead atoms. The monoisotopic (exact) mass is 676 g/mol. The first-order chi connectivity index (χ1) is 26.0. The van der Waals surface area contributed by atoms with Crippen LogP contribution in [0.15, 0.2) is 182 Å². The molecule has 2 nitrogen and oxygen atoms in total. The van der Waals surface area contributed by atoms with Crippen LogP contribution in [0.25, 0.3) is 88.8 Å². The summed E-state index contributed by atoms with van der Waals surface area (Å²) in [6, 6.07) is 65.4. The van der Waals surface area contributed by atoms with E-state index in [1.807, 2.05) is 12.1 Å². The van der Waals surface area contributed by atoms with E-state index in [0.29, 0.717) is 5.82 Å². The van der Waals surface area contributed by atoms with Crippen LogP contribution in [0.1, 0.15) is 25.0 Å². The number of nitrogens with zero attached hydrogens (tertiary/aromatic N) is 2. The van der Waals surface area contributed by atoms with Crippen molar-refractivity contribution >= 4 is 21.5 Å². The van der Waals surface area contributed by atoms with E-state index in [1.165, 1.54) is 66.1 Å². The number of fused-ring (bicyclic) bond motifs is 5. The Morgan fingerprint density at radius 1 is 0.340 bits per heavy atom. The molecule has 0 atom stereocenters. The highest BCUT2D eigenvalue weighted by molar-refractivity contribution is 6.05. The minimum Gasteiger partial charge on any atom is -0.228 e. The van der Waals surface area contributed by atoms with Crippen molar-refractivity contribution in [3.05, 3.63) is 193 Å². The zero-order valence-corrected chi connectivity index (χ0v) is 29.7. The van der Waals surface area contributed by atoms with E-state index in [2.05, 4.69) is 184 Å². The highest BCUT2D eigenvalue weighted by Crippen LogP contribution is 2.51. The van der Waals surface area contributed by atoms with Gasteiger partial charge in [0.25, 0.3) is 0 Å². The zero-order valence-electron chi connectivity index (χ0n) is 29.7. The molecule has 9 aromatic rings. The molecule has 0 fully saturated rings. The van der Waals surface area contributed by atoms with Gasteiger partial charge in [0, 0.05) is 22.1 Å². The second-order valence-corrected chi connectivity index (χ2v) is 14.6. The summed E-state index contributed by atoms with van der Waals surface area (Å²) in [6.45, 7) is 4.73. The van der Waals surface area contributed by atoms with Crippen LogP contribution >= 0.6 is 0 Å². The fraction of sp³-hybridized carbons (Fsp3) is 0.0588. The van der Waals surface area contributed by atoms with Crippen LogP contribution in [-0.4, -0.2) is 9.97 Å². The minimum atomic E-state index is -0.106. The number of benzene rings is 8. The van der Waals surface area contributed by atoms with Crippen LogP contribution in [0.4, 0.5) is 0 Å². The highest BCUT2D eigenvalue weighted by Gasteiger charge is 2.36. The molecule has 0 unspecified atom stereocenters. The Balaban J connectivity index is 1.10. The summed E-state index contributed by atoms with van der Waals surface area (Å²) in [5, 5.41) is 4.95. The summed E-state index contributed by atoms with van der Waals surface area (Å²) in [5.41, 5.74) is 15.1. The summed E-state index contributed by atoms with van der Waals surface area (Å²) in [5.74, 6) is 0.710. The van der Waals surface area contributed by atoms with Gasteiger partial charge in [0.2, 0.25) is 0 Å². The maximum atomic E-state index is 5.26. The lowest BCUT2D eigenvalue weighted by molar-refractivity contribution is 0.661. The van der Waals surface area contributed by atoms with E-state index in [1.54, 1.807) is 0 Å². The average molecular weight is 677 g/mol. The Kier molecular flexibility index (Phi) is 7.19. The fourth-order valence-electron chi connectivity index (χ4n) is 8.28. The predicted octanol–water partition coefficient (Wildman–Crippen LogP) is 13.4. The standard InChI is InChI=1S/C51H36N2/c1-51(2)46-31-39(25-26-43(46)45-29-37-17-9-10-18-38(37)30-47(45)51)40-27-28-44(42-20-12-11-19-41(40)42)49-32-48(35-15-7-4-8-16-35)52-50(53-49)36-23-21-34(22-24-36)33-13-5-3-6-14-33/h3-32H,1-2H3. The van der Waals surface area contributed by atoms with E-state index < -0.39 is 0 Å². The van der Waals surface area contributed by atoms with Gasteiger partial charge in [-0.1, -0.05) is 172 Å². The smallest absolute Gasteiger partial charge is 0.160 e. The number of rotatable bonds is 5. The van der Waals surface area contributed by atoms with E-state index in [9.17, 15) is 0 Å². The maximum absolute atomic E-state index is 5.26. The molecule has 10 rings (SSSR count). The molecule has 0 aliphatic heterocycles. The number of hydrogen-bond donors (Lipinski definition) is 0. The predicted molar refractivity (Wildman–Crippen MR) is 222 cm³/mol. The molecule has 1 aliphatic rings. The first-order valence-electron chi connectivity index (χ1n) is 18.3. The van der Waals surface area contributed by atoms with E-state index >= 15 is 0 Å². The quantitative estimate of drug-likeness (QED) is 0.181. The van der Waals surface area contributed by atoms with Crippen LogP contribution in [0, 0.1) is 0 Å². The van der Waals surface area contributed by atoms with E-state index in [4.69, 9.17) is 9.97 Å². The Labute approximate surface area is 310 Å². The first-order valence-corrected chi connectivity index (χ1v) is 18.3. The van der Waals surface area contributed by atoms with Crippen LogP contribution in [0.3, 0.4) is 0 Å². The SMILES string of the molecule is CC1(C)c2cc(-c3ccc(-c4cc(-c5ccccc5)nc(-c5ccc(-c6ccccc6)cc5)n4)c4ccccc34)ccc2-c2cc3ccccc3cc21. The zero-order chi connectivity index (χ0) is 35.5. The van der Waals surface area contributed by atoms with Gasteiger partial charge >= 0.3 is 0 Å². The molecule has 1 heterocycles. The summed E-state index contributed by atoms with van der Waals surface area (Å²) in [7, 11) is 0. The maximum Gasteiger partial charge on any atom is 0.160 e. The third kappa shape index (κ3) is 5.26. The Bertz CT molecular complexity index is 2830. The lowest BCUT2D eigenvalue weighted by Crippen LogP contribution is -2.15. The van der Waals surface area contributed by atoms with Crippen LogP contribution < -0.4 is 0 Å². The molecular weight excluding hydrogens is 641 g/mol. The normalized spacial score (nSPS) is 12.9. The van der Waals surface area contributed by atoms with Gasteiger partial charge in [-0.3, -0.25) is 0 Å². The van der Waals surface area contributed by atoms with Gasteiger partial charge in [0.1, 0.15) is 0 Å². The molecule has 0 saturated heterocycles. The molecule has 2 heteroatoms. The topological polar surface area (TPSA) is 25.8 Å². The van der Waals surface area contributed by atoms with E-state index in [0.717, 1.165) is 28.1 Å². The fourth-order valence-corrected chi connectivity index (χ4v) is 8.28. The Hall–Kier alpha value is -6.64. The van der Waals surface area contributed by atoms with Crippen LogP contribution in [0.2, 0.25) is 0 Å². The summed E-state index contributed by atoms with van der Waals surface area (Å²) in [6.07, 6.45) is 0. The van der Waals surface area contributed by atoms with Crippen molar-refractivity contribution in [2.24, 2.45) is 0 Å². The first kappa shape index (κ1) is 31.1. The van der Waals surface area contributed by atoms with Gasteiger partial charge in [0.15, 0.2) is 5.82 Å². The molecule has 8 aromatic carbocycles. The van der Waals surface area contributed by atoms with Crippen LogP contribution in [0.5, 0.6) is 0 Å². The molecule has 250 valence electrons. The second kappa shape index (κ2) is 12.3. The number of hydrogen-bond acceptors (Lipinski definition) is 2. The molecule has 0 amide bonds. The molecule has 53 heavy (non-hydrogen) atoms. The van der Waals surface area contributed by atoms with Crippen molar-refractivity contribution < 1.29 is 0 Å². The molecule has 1 aliphatic carbocycles. The van der Waals surface area contributed by atoms with Crippen molar-refractivity contribution in [3.63, 3.8) is 0 Å². The van der Waals surface area contributed by atoms with Gasteiger partial charge in [-0.2, -0.15) is 0 Å². The lowest BCUT2D eigenvalue weighted by atomic mass is 9.81. The average Bonchev–Trinajstić information content (AvgIpc) is 3.44. The van der Waals surface area contributed by atoms with Gasteiger partial charge in [-0.25, -0.2) is 9.97 Å². The summed E-state index contributed by atoms with van der Waals surface area (Å²) in [4.78, 5) is 10.4. The molecule has 1 aromatic heterocycles. The molecular formula is C51H36N2. The summed E-state index contributed by atoms with van der Waals surface area (Å²) < 4.78 is 0. The Morgan fingerprint density at radius 3 is 1.58 bits per heavy atom. The number of aromatic nitrogens is 2. The highest BCUT2D eigenvalue weighted by atomic mass is 14.9. The third-order valence-electron chi connectivity index (χ3n) is 11.1. The second-order valence-electron chi connectivity index (χ2n) is 14.6. The summed E-state index contributed by atoms with van der Waals surface area (Å²) >= 11 is 0. The van der Waals surface area contributed by atoms with Gasteiger partial charge in [0.05, 0.1) is 11.4 Å². The molecule has 0 saturated carbocycles. The van der Waals surface area contributed by atoms with Gasteiger partial charge in [-0.15, -0.1) is 0 Å². The van der Waals surface area contributed by atoms with Crippen molar-refractivity contribution in [2.45, 2.75) is 19.3 Å². The van der Waals surface area contributed by atoms with Gasteiger partial charge < -0.3 is 0 Å². The lowest BCUT2D eigenvalue weighted by Gasteiger charge is -2.22. The van der Waals surface area contributed by atoms with Crippen LogP contribution in [-0.2, 0) is 5.41 Å². The molecule has 0 N–H and O–H groups in total. The van der Waals surface area contributed by atoms with Crippen molar-refractivity contribution in [1.82, 2.24) is 9.97 Å². The minimum absolute atomic E-state index is 0.106. The third-order valence-corrected chi connectivity index (χ3v) is 11.1. The largest absolute Gasteiger partial charge is 0.228 e. The van der Waals surface area contributed by atoms with Crippen molar-refractivity contribution in [1.29, 1.82) is 0 Å². The van der Waals surface area contributed by atoms with E-state index in [-0.39, 0.29) is 5.41 Å². The van der Waals surface area contributed by atoms with Crippen molar-refractivity contribution in [3.8, 4) is 67.3 Å².